The molecule has 0 fully saturated rings. The molecule has 2 amide bonds. The van der Waals surface area contributed by atoms with E-state index in [9.17, 15) is 18.0 Å². The second-order valence-electron chi connectivity index (χ2n) is 8.52. The third-order valence-corrected chi connectivity index (χ3v) is 8.23. The Bertz CT molecular complexity index is 1420. The van der Waals surface area contributed by atoms with E-state index in [-0.39, 0.29) is 0 Å². The minimum atomic E-state index is -3.99. The van der Waals surface area contributed by atoms with Gasteiger partial charge in [0.05, 0.1) is 16.8 Å². The molecule has 1 aromatic heterocycles. The van der Waals surface area contributed by atoms with Crippen molar-refractivity contribution in [2.75, 3.05) is 36.2 Å². The number of fused-ring (bicyclic) bond motifs is 2. The van der Waals surface area contributed by atoms with Crippen LogP contribution in [0.2, 0.25) is 0 Å². The van der Waals surface area contributed by atoms with Gasteiger partial charge in [0.2, 0.25) is 5.91 Å². The van der Waals surface area contributed by atoms with Crippen molar-refractivity contribution < 1.29 is 22.7 Å². The summed E-state index contributed by atoms with van der Waals surface area (Å²) in [6, 6.07) is 13.4. The molecular weight excluding hydrogens is 486 g/mol. The van der Waals surface area contributed by atoms with Crippen molar-refractivity contribution in [2.24, 2.45) is 4.99 Å². The first kappa shape index (κ1) is 25.3. The van der Waals surface area contributed by atoms with Crippen LogP contribution in [-0.4, -0.2) is 56.1 Å². The largest absolute Gasteiger partial charge is 0.380 e. The van der Waals surface area contributed by atoms with Crippen LogP contribution in [0.4, 0.5) is 5.69 Å². The highest BCUT2D eigenvalue weighted by atomic mass is 32.2. The Morgan fingerprint density at radius 3 is 2.74 bits per heavy atom. The summed E-state index contributed by atoms with van der Waals surface area (Å²) in [4.78, 5) is 31.6. The standard InChI is InChI=1S/C25H29N3O5S2/c1-3-33-14-13-28-21-11-10-18(2)15-22(21)34-25(28)26-23(29)16-35(31,32)17-24(30)27-12-6-8-19-7-4-5-9-20(19)27/h4-5,7,9-11,15H,3,6,8,12-14,16-17H2,1-2H3. The van der Waals surface area contributed by atoms with Gasteiger partial charge in [0.25, 0.3) is 5.91 Å². The Morgan fingerprint density at radius 2 is 1.94 bits per heavy atom. The monoisotopic (exact) mass is 515 g/mol. The zero-order valence-electron chi connectivity index (χ0n) is 19.9. The number of sulfone groups is 1. The van der Waals surface area contributed by atoms with E-state index >= 15 is 0 Å². The number of ether oxygens (including phenoxy) is 1. The highest BCUT2D eigenvalue weighted by Crippen LogP contribution is 2.27. The van der Waals surface area contributed by atoms with Gasteiger partial charge in [-0.05, 0) is 56.0 Å². The summed E-state index contributed by atoms with van der Waals surface area (Å²) in [5.41, 5.74) is 3.75. The van der Waals surface area contributed by atoms with Gasteiger partial charge in [-0.1, -0.05) is 35.6 Å². The minimum absolute atomic E-state index is 0.418. The Balaban J connectivity index is 1.53. The Hall–Kier alpha value is -2.82. The lowest BCUT2D eigenvalue weighted by Gasteiger charge is -2.29. The molecule has 0 spiro atoms. The van der Waals surface area contributed by atoms with Gasteiger partial charge >= 0.3 is 0 Å². The zero-order chi connectivity index (χ0) is 25.0. The van der Waals surface area contributed by atoms with Crippen LogP contribution >= 0.6 is 11.3 Å². The zero-order valence-corrected chi connectivity index (χ0v) is 21.5. The highest BCUT2D eigenvalue weighted by Gasteiger charge is 2.28. The number of carbonyl (C=O) groups is 2. The van der Waals surface area contributed by atoms with Gasteiger partial charge in [0.15, 0.2) is 14.6 Å². The number of carbonyl (C=O) groups excluding carboxylic acids is 2. The first-order valence-electron chi connectivity index (χ1n) is 11.6. The van der Waals surface area contributed by atoms with Crippen LogP contribution in [0.1, 0.15) is 24.5 Å². The average Bonchev–Trinajstić information content (AvgIpc) is 3.13. The van der Waals surface area contributed by atoms with Crippen molar-refractivity contribution >= 4 is 48.9 Å². The lowest BCUT2D eigenvalue weighted by atomic mass is 10.0. The van der Waals surface area contributed by atoms with Crippen molar-refractivity contribution in [1.29, 1.82) is 0 Å². The maximum absolute atomic E-state index is 12.9. The molecule has 0 aliphatic carbocycles. The number of hydrogen-bond donors (Lipinski definition) is 0. The number of amides is 2. The summed E-state index contributed by atoms with van der Waals surface area (Å²) in [6.45, 7) is 5.86. The number of anilines is 1. The second-order valence-corrected chi connectivity index (χ2v) is 11.6. The second kappa shape index (κ2) is 10.8. The van der Waals surface area contributed by atoms with E-state index in [1.165, 1.54) is 16.2 Å². The molecule has 3 aromatic rings. The molecular formula is C25H29N3O5S2. The Labute approximate surface area is 208 Å². The molecule has 0 saturated heterocycles. The average molecular weight is 516 g/mol. The number of para-hydroxylation sites is 1. The summed E-state index contributed by atoms with van der Waals surface area (Å²) < 4.78 is 33.8. The number of rotatable bonds is 8. The van der Waals surface area contributed by atoms with E-state index in [1.54, 1.807) is 0 Å². The van der Waals surface area contributed by atoms with Crippen molar-refractivity contribution in [3.8, 4) is 0 Å². The number of benzene rings is 2. The fraction of sp³-hybridized carbons (Fsp3) is 0.400. The molecule has 4 rings (SSSR count). The number of aromatic nitrogens is 1. The molecule has 0 radical (unpaired) electrons. The first-order chi connectivity index (χ1) is 16.8. The van der Waals surface area contributed by atoms with Crippen LogP contribution in [0.15, 0.2) is 47.5 Å². The molecule has 186 valence electrons. The molecule has 1 aliphatic rings. The minimum Gasteiger partial charge on any atom is -0.380 e. The summed E-state index contributed by atoms with van der Waals surface area (Å²) in [5, 5.41) is 0. The lowest BCUT2D eigenvalue weighted by Crippen LogP contribution is -2.40. The molecule has 0 saturated carbocycles. The van der Waals surface area contributed by atoms with E-state index in [0.717, 1.165) is 39.9 Å². The van der Waals surface area contributed by atoms with E-state index in [2.05, 4.69) is 4.99 Å². The van der Waals surface area contributed by atoms with E-state index < -0.39 is 33.2 Å². The van der Waals surface area contributed by atoms with Crippen molar-refractivity contribution in [1.82, 2.24) is 4.57 Å². The van der Waals surface area contributed by atoms with Crippen LogP contribution in [-0.2, 0) is 37.1 Å². The molecule has 2 aromatic carbocycles. The fourth-order valence-corrected chi connectivity index (χ4v) is 6.47. The molecule has 8 nitrogen and oxygen atoms in total. The SMILES string of the molecule is CCOCCn1c(=NC(=O)CS(=O)(=O)CC(=O)N2CCCc3ccccc32)sc2cc(C)ccc21. The van der Waals surface area contributed by atoms with Crippen molar-refractivity contribution in [2.45, 2.75) is 33.2 Å². The topological polar surface area (TPSA) is 98.0 Å². The molecule has 35 heavy (non-hydrogen) atoms. The van der Waals surface area contributed by atoms with E-state index in [4.69, 9.17) is 4.74 Å². The highest BCUT2D eigenvalue weighted by molar-refractivity contribution is 7.92. The third-order valence-electron chi connectivity index (χ3n) is 5.82. The van der Waals surface area contributed by atoms with Crippen LogP contribution in [0, 0.1) is 6.92 Å². The normalized spacial score (nSPS) is 14.3. The van der Waals surface area contributed by atoms with Gasteiger partial charge in [0.1, 0.15) is 11.5 Å². The van der Waals surface area contributed by atoms with Crippen LogP contribution < -0.4 is 9.70 Å². The number of aryl methyl sites for hydroxylation is 2. The van der Waals surface area contributed by atoms with Crippen LogP contribution in [0.25, 0.3) is 10.2 Å². The predicted octanol–water partition coefficient (Wildman–Crippen LogP) is 2.87. The predicted molar refractivity (Wildman–Crippen MR) is 137 cm³/mol. The fourth-order valence-electron chi connectivity index (χ4n) is 4.22. The first-order valence-corrected chi connectivity index (χ1v) is 14.2. The number of hydrogen-bond acceptors (Lipinski definition) is 6. The Kier molecular flexibility index (Phi) is 7.83. The van der Waals surface area contributed by atoms with Crippen LogP contribution in [0.5, 0.6) is 0 Å². The number of nitrogens with zero attached hydrogens (tertiary/aromatic N) is 3. The summed E-state index contributed by atoms with van der Waals surface area (Å²) in [7, 11) is -3.99. The van der Waals surface area contributed by atoms with E-state index in [0.29, 0.717) is 31.1 Å². The maximum Gasteiger partial charge on any atom is 0.263 e. The maximum atomic E-state index is 12.9. The van der Waals surface area contributed by atoms with Gasteiger partial charge < -0.3 is 14.2 Å². The Morgan fingerprint density at radius 1 is 1.14 bits per heavy atom. The molecule has 10 heteroatoms. The van der Waals surface area contributed by atoms with Gasteiger partial charge in [-0.3, -0.25) is 9.59 Å². The van der Waals surface area contributed by atoms with Crippen molar-refractivity contribution in [3.05, 3.63) is 58.4 Å². The summed E-state index contributed by atoms with van der Waals surface area (Å²) >= 11 is 1.33. The molecule has 0 atom stereocenters. The summed E-state index contributed by atoms with van der Waals surface area (Å²) in [5.74, 6) is -2.84. The molecule has 0 bridgehead atoms. The third kappa shape index (κ3) is 6.06. The van der Waals surface area contributed by atoms with Gasteiger partial charge in [-0.25, -0.2) is 8.42 Å². The van der Waals surface area contributed by atoms with E-state index in [1.807, 2.05) is 60.9 Å². The molecule has 0 N–H and O–H groups in total. The molecule has 0 unspecified atom stereocenters. The van der Waals surface area contributed by atoms with Crippen molar-refractivity contribution in [3.63, 3.8) is 0 Å². The lowest BCUT2D eigenvalue weighted by molar-refractivity contribution is -0.116. The molecule has 1 aliphatic heterocycles. The van der Waals surface area contributed by atoms with Gasteiger partial charge in [-0.2, -0.15) is 4.99 Å². The number of thiazole rings is 1. The van der Waals surface area contributed by atoms with Gasteiger partial charge in [0, 0.05) is 25.4 Å². The quantitative estimate of drug-likeness (QED) is 0.430. The van der Waals surface area contributed by atoms with Crippen LogP contribution in [0.3, 0.4) is 0 Å². The smallest absolute Gasteiger partial charge is 0.263 e. The van der Waals surface area contributed by atoms with Gasteiger partial charge in [-0.15, -0.1) is 0 Å². The molecule has 2 heterocycles. The summed E-state index contributed by atoms with van der Waals surface area (Å²) in [6.07, 6.45) is 1.62.